The molecule has 0 radical (unpaired) electrons. The minimum absolute atomic E-state index is 0.0386. The quantitative estimate of drug-likeness (QED) is 0.444. The highest BCUT2D eigenvalue weighted by Gasteiger charge is 2.25. The molecule has 1 aliphatic rings. The summed E-state index contributed by atoms with van der Waals surface area (Å²) in [6.07, 6.45) is 4.80. The maximum atomic E-state index is 14.1. The van der Waals surface area contributed by atoms with Crippen molar-refractivity contribution in [2.45, 2.75) is 6.54 Å². The van der Waals surface area contributed by atoms with Gasteiger partial charge < -0.3 is 24.4 Å². The molecule has 0 spiro atoms. The zero-order chi connectivity index (χ0) is 25.1. The molecule has 5 rings (SSSR count). The van der Waals surface area contributed by atoms with E-state index in [9.17, 15) is 14.0 Å². The van der Waals surface area contributed by atoms with Gasteiger partial charge >= 0.3 is 0 Å². The highest BCUT2D eigenvalue weighted by Crippen LogP contribution is 2.25. The molecule has 1 aromatic carbocycles. The number of imidazole rings is 1. The Kier molecular flexibility index (Phi) is 6.44. The number of nitrogens with one attached hydrogen (secondary N) is 1. The van der Waals surface area contributed by atoms with Crippen LogP contribution < -0.4 is 15.0 Å². The number of benzene rings is 1. The molecule has 1 N–H and O–H groups in total. The third-order valence-electron chi connectivity index (χ3n) is 6.06. The van der Waals surface area contributed by atoms with Gasteiger partial charge in [0.2, 0.25) is 11.8 Å². The van der Waals surface area contributed by atoms with E-state index in [0.717, 1.165) is 5.52 Å². The number of fused-ring (bicyclic) bond motifs is 1. The molecule has 4 heterocycles. The van der Waals surface area contributed by atoms with Crippen molar-refractivity contribution in [3.8, 4) is 5.88 Å². The van der Waals surface area contributed by atoms with Gasteiger partial charge in [-0.15, -0.1) is 0 Å². The lowest BCUT2D eigenvalue weighted by atomic mass is 10.1. The maximum Gasteiger partial charge on any atom is 0.257 e. The van der Waals surface area contributed by atoms with E-state index in [1.54, 1.807) is 46.3 Å². The van der Waals surface area contributed by atoms with Crippen LogP contribution in [-0.4, -0.2) is 69.5 Å². The summed E-state index contributed by atoms with van der Waals surface area (Å²) in [5, 5.41) is 2.77. The molecule has 1 fully saturated rings. The highest BCUT2D eigenvalue weighted by molar-refractivity contribution is 6.08. The summed E-state index contributed by atoms with van der Waals surface area (Å²) < 4.78 is 20.9. The predicted molar refractivity (Wildman–Crippen MR) is 131 cm³/mol. The van der Waals surface area contributed by atoms with E-state index in [2.05, 4.69) is 20.3 Å². The average molecular weight is 490 g/mol. The van der Waals surface area contributed by atoms with Crippen LogP contribution in [0, 0.1) is 5.82 Å². The molecule has 0 bridgehead atoms. The van der Waals surface area contributed by atoms with Crippen molar-refractivity contribution in [3.63, 3.8) is 0 Å². The Morgan fingerprint density at radius 2 is 1.86 bits per heavy atom. The highest BCUT2D eigenvalue weighted by atomic mass is 19.1. The van der Waals surface area contributed by atoms with Gasteiger partial charge in [0.15, 0.2) is 5.65 Å². The third-order valence-corrected chi connectivity index (χ3v) is 6.06. The molecule has 1 saturated heterocycles. The summed E-state index contributed by atoms with van der Waals surface area (Å²) in [5.74, 6) is -0.641. The SMILES string of the molecule is COc1cc(NC(=O)c2cc(F)ccc2N2CCN(C(=O)Cn3cnc4cccnc43)CC2)ccn1. The number of hydrogen-bond acceptors (Lipinski definition) is 7. The zero-order valence-corrected chi connectivity index (χ0v) is 19.6. The number of amides is 2. The number of pyridine rings is 2. The van der Waals surface area contributed by atoms with Crippen LogP contribution in [-0.2, 0) is 11.3 Å². The fourth-order valence-corrected chi connectivity index (χ4v) is 4.22. The van der Waals surface area contributed by atoms with Gasteiger partial charge in [0, 0.05) is 56.0 Å². The van der Waals surface area contributed by atoms with Crippen LogP contribution in [0.4, 0.5) is 15.8 Å². The summed E-state index contributed by atoms with van der Waals surface area (Å²) in [6, 6.07) is 11.0. The number of rotatable bonds is 6. The predicted octanol–water partition coefficient (Wildman–Crippen LogP) is 2.58. The first-order valence-electron chi connectivity index (χ1n) is 11.4. The number of nitrogens with zero attached hydrogens (tertiary/aromatic N) is 6. The van der Waals surface area contributed by atoms with Gasteiger partial charge in [-0.3, -0.25) is 9.59 Å². The lowest BCUT2D eigenvalue weighted by Gasteiger charge is -2.37. The first kappa shape index (κ1) is 23.2. The minimum Gasteiger partial charge on any atom is -0.481 e. The molecule has 10 nitrogen and oxygen atoms in total. The van der Waals surface area contributed by atoms with Crippen LogP contribution >= 0.6 is 0 Å². The molecule has 0 aliphatic carbocycles. The van der Waals surface area contributed by atoms with E-state index in [0.29, 0.717) is 49.1 Å². The van der Waals surface area contributed by atoms with Gasteiger partial charge in [-0.25, -0.2) is 19.3 Å². The topological polar surface area (TPSA) is 105 Å². The van der Waals surface area contributed by atoms with Crippen molar-refractivity contribution in [1.29, 1.82) is 0 Å². The van der Waals surface area contributed by atoms with Crippen molar-refractivity contribution in [1.82, 2.24) is 24.4 Å². The number of carbonyl (C=O) groups excluding carboxylic acids is 2. The van der Waals surface area contributed by atoms with E-state index in [1.807, 2.05) is 11.0 Å². The number of halogens is 1. The largest absolute Gasteiger partial charge is 0.481 e. The standard InChI is InChI=1S/C25H24FN7O3/c1-36-22-14-18(6-8-27-22)30-25(35)19-13-17(26)4-5-21(19)31-9-11-32(12-10-31)23(34)15-33-16-29-20-3-2-7-28-24(20)33/h2-8,13-14,16H,9-12,15H2,1H3,(H,27,30,35). The fraction of sp³-hybridized carbons (Fsp3) is 0.240. The smallest absolute Gasteiger partial charge is 0.257 e. The molecule has 1 aliphatic heterocycles. The number of anilines is 2. The first-order valence-corrected chi connectivity index (χ1v) is 11.4. The first-order chi connectivity index (χ1) is 17.5. The summed E-state index contributed by atoms with van der Waals surface area (Å²) in [5.41, 5.74) is 2.70. The Morgan fingerprint density at radius 1 is 1.03 bits per heavy atom. The maximum absolute atomic E-state index is 14.1. The molecule has 0 saturated carbocycles. The second-order valence-corrected chi connectivity index (χ2v) is 8.29. The molecule has 11 heteroatoms. The zero-order valence-electron chi connectivity index (χ0n) is 19.6. The summed E-state index contributed by atoms with van der Waals surface area (Å²) in [7, 11) is 1.48. The summed E-state index contributed by atoms with van der Waals surface area (Å²) in [4.78, 5) is 42.3. The van der Waals surface area contributed by atoms with Gasteiger partial charge in [0.25, 0.3) is 5.91 Å². The Balaban J connectivity index is 1.26. The van der Waals surface area contributed by atoms with Crippen molar-refractivity contribution < 1.29 is 18.7 Å². The second kappa shape index (κ2) is 9.98. The number of piperazine rings is 1. The van der Waals surface area contributed by atoms with Gasteiger partial charge in [0.05, 0.1) is 19.0 Å². The molecule has 3 aromatic heterocycles. The van der Waals surface area contributed by atoms with Crippen molar-refractivity contribution >= 4 is 34.4 Å². The lowest BCUT2D eigenvalue weighted by molar-refractivity contribution is -0.132. The van der Waals surface area contributed by atoms with Crippen molar-refractivity contribution in [3.05, 3.63) is 72.6 Å². The van der Waals surface area contributed by atoms with Gasteiger partial charge in [-0.1, -0.05) is 0 Å². The Morgan fingerprint density at radius 3 is 2.67 bits per heavy atom. The van der Waals surface area contributed by atoms with Crippen LogP contribution in [0.2, 0.25) is 0 Å². The lowest BCUT2D eigenvalue weighted by Crippen LogP contribution is -2.50. The molecule has 4 aromatic rings. The molecule has 2 amide bonds. The second-order valence-electron chi connectivity index (χ2n) is 8.29. The van der Waals surface area contributed by atoms with Gasteiger partial charge in [0.1, 0.15) is 17.9 Å². The molecule has 0 atom stereocenters. The van der Waals surface area contributed by atoms with E-state index in [-0.39, 0.29) is 18.0 Å². The minimum atomic E-state index is -0.508. The van der Waals surface area contributed by atoms with Crippen molar-refractivity contribution in [2.75, 3.05) is 43.5 Å². The van der Waals surface area contributed by atoms with Crippen LogP contribution in [0.15, 0.2) is 61.2 Å². The van der Waals surface area contributed by atoms with E-state index >= 15 is 0 Å². The summed E-state index contributed by atoms with van der Waals surface area (Å²) >= 11 is 0. The van der Waals surface area contributed by atoms with E-state index in [4.69, 9.17) is 4.74 Å². The molecular formula is C25H24FN7O3. The molecule has 184 valence electrons. The number of aromatic nitrogens is 4. The molecule has 0 unspecified atom stereocenters. The van der Waals surface area contributed by atoms with Gasteiger partial charge in [-0.2, -0.15) is 0 Å². The fourth-order valence-electron chi connectivity index (χ4n) is 4.22. The summed E-state index contributed by atoms with van der Waals surface area (Å²) in [6.45, 7) is 2.10. The molecule has 36 heavy (non-hydrogen) atoms. The Hall–Kier alpha value is -4.54. The van der Waals surface area contributed by atoms with Crippen LogP contribution in [0.25, 0.3) is 11.2 Å². The number of hydrogen-bond donors (Lipinski definition) is 1. The van der Waals surface area contributed by atoms with Crippen LogP contribution in [0.5, 0.6) is 5.88 Å². The van der Waals surface area contributed by atoms with Crippen LogP contribution in [0.3, 0.4) is 0 Å². The molecular weight excluding hydrogens is 465 g/mol. The van der Waals surface area contributed by atoms with E-state index in [1.165, 1.54) is 25.4 Å². The number of carbonyl (C=O) groups is 2. The van der Waals surface area contributed by atoms with Crippen molar-refractivity contribution in [2.24, 2.45) is 0 Å². The number of ether oxygens (including phenoxy) is 1. The average Bonchev–Trinajstić information content (AvgIpc) is 3.31. The van der Waals surface area contributed by atoms with Gasteiger partial charge in [-0.05, 0) is 36.4 Å². The Labute approximate surface area is 206 Å². The van der Waals surface area contributed by atoms with Crippen LogP contribution in [0.1, 0.15) is 10.4 Å². The number of methoxy groups -OCH3 is 1. The third kappa shape index (κ3) is 4.81. The van der Waals surface area contributed by atoms with E-state index < -0.39 is 11.7 Å². The monoisotopic (exact) mass is 489 g/mol. The normalized spacial score (nSPS) is 13.6. The Bertz CT molecular complexity index is 1420.